The first kappa shape index (κ1) is 21.0. The van der Waals surface area contributed by atoms with E-state index in [4.69, 9.17) is 5.26 Å². The molecule has 2 aliphatic rings. The molecule has 3 rings (SSSR count). The second-order valence-electron chi connectivity index (χ2n) is 5.74. The quantitative estimate of drug-likeness (QED) is 0.329. The summed E-state index contributed by atoms with van der Waals surface area (Å²) in [4.78, 5) is 37.5. The number of nitriles is 1. The fraction of sp³-hybridized carbons (Fsp3) is 0.467. The molecule has 1 unspecified atom stereocenters. The van der Waals surface area contributed by atoms with E-state index in [2.05, 4.69) is 15.5 Å². The summed E-state index contributed by atoms with van der Waals surface area (Å²) in [5.74, 6) is -0.790. The number of thioether (sulfide) groups is 3. The van der Waals surface area contributed by atoms with Crippen LogP contribution < -0.4 is 5.32 Å². The molecule has 0 radical (unpaired) electrons. The first-order valence-electron chi connectivity index (χ1n) is 7.99. The molecule has 2 N–H and O–H groups in total. The Bertz CT molecular complexity index is 880. The fourth-order valence-corrected chi connectivity index (χ4v) is 6.45. The number of amides is 2. The van der Waals surface area contributed by atoms with Gasteiger partial charge in [-0.1, -0.05) is 23.1 Å². The number of aliphatic carboxylic acids is 1. The standard InChI is InChI=1S/C15H15N5O4S4/c1-7-18-19-15(28-7)27-5-8-4-26-13-10(17-9(21)6-25-3-2-16)12(22)20(13)11(8)14(23)24/h10,13H,3-6H2,1H3,(H,17,21)(H,23,24)/t10?,13-/m1/s1. The number of nitrogens with zero attached hydrogens (tertiary/aromatic N) is 4. The van der Waals surface area contributed by atoms with Crippen LogP contribution in [0.2, 0.25) is 0 Å². The monoisotopic (exact) mass is 457 g/mol. The number of carboxylic acids is 1. The maximum atomic E-state index is 12.5. The molecule has 1 saturated heterocycles. The third kappa shape index (κ3) is 4.45. The Kier molecular flexibility index (Phi) is 6.86. The number of nitrogens with one attached hydrogen (secondary N) is 1. The summed E-state index contributed by atoms with van der Waals surface area (Å²) in [5.41, 5.74) is 0.640. The van der Waals surface area contributed by atoms with E-state index in [-0.39, 0.29) is 23.1 Å². The molecule has 28 heavy (non-hydrogen) atoms. The molecule has 1 aromatic rings. The first-order valence-corrected chi connectivity index (χ1v) is 12.0. The van der Waals surface area contributed by atoms with Crippen molar-refractivity contribution in [3.63, 3.8) is 0 Å². The fourth-order valence-electron chi connectivity index (χ4n) is 2.68. The van der Waals surface area contributed by atoms with Crippen LogP contribution >= 0.6 is 46.6 Å². The van der Waals surface area contributed by atoms with E-state index >= 15 is 0 Å². The van der Waals surface area contributed by atoms with Crippen molar-refractivity contribution in [3.05, 3.63) is 16.3 Å². The smallest absolute Gasteiger partial charge is 0.352 e. The van der Waals surface area contributed by atoms with Gasteiger partial charge in [0.25, 0.3) is 5.91 Å². The molecule has 2 amide bonds. The molecule has 1 fully saturated rings. The minimum atomic E-state index is -1.16. The molecule has 0 saturated carbocycles. The Morgan fingerprint density at radius 1 is 1.46 bits per heavy atom. The highest BCUT2D eigenvalue weighted by molar-refractivity contribution is 8.02. The third-order valence-corrected chi connectivity index (χ3v) is 8.04. The largest absolute Gasteiger partial charge is 0.477 e. The maximum Gasteiger partial charge on any atom is 0.352 e. The van der Waals surface area contributed by atoms with Crippen LogP contribution in [0.15, 0.2) is 15.6 Å². The molecule has 2 aliphatic heterocycles. The highest BCUT2D eigenvalue weighted by Gasteiger charge is 2.54. The average Bonchev–Trinajstić information content (AvgIpc) is 3.08. The van der Waals surface area contributed by atoms with E-state index in [0.29, 0.717) is 17.1 Å². The zero-order valence-electron chi connectivity index (χ0n) is 14.6. The number of hydrogen-bond acceptors (Lipinski definition) is 10. The minimum absolute atomic E-state index is 0.00755. The van der Waals surface area contributed by atoms with E-state index in [0.717, 1.165) is 21.1 Å². The van der Waals surface area contributed by atoms with Gasteiger partial charge < -0.3 is 10.4 Å². The van der Waals surface area contributed by atoms with Gasteiger partial charge in [0.05, 0.1) is 17.6 Å². The van der Waals surface area contributed by atoms with Gasteiger partial charge >= 0.3 is 5.97 Å². The summed E-state index contributed by atoms with van der Waals surface area (Å²) in [6.45, 7) is 1.84. The molecule has 148 valence electrons. The summed E-state index contributed by atoms with van der Waals surface area (Å²) in [7, 11) is 0. The number of hydrogen-bond donors (Lipinski definition) is 2. The van der Waals surface area contributed by atoms with Crippen LogP contribution in [0.4, 0.5) is 0 Å². The molecule has 2 atom stereocenters. The summed E-state index contributed by atoms with van der Waals surface area (Å²) in [6, 6.07) is 1.19. The average molecular weight is 458 g/mol. The van der Waals surface area contributed by atoms with E-state index in [1.165, 1.54) is 39.8 Å². The van der Waals surface area contributed by atoms with Crippen molar-refractivity contribution >= 4 is 64.4 Å². The summed E-state index contributed by atoms with van der Waals surface area (Å²) in [5, 5.41) is 29.1. The van der Waals surface area contributed by atoms with E-state index in [1.807, 2.05) is 13.0 Å². The number of aromatic nitrogens is 2. The van der Waals surface area contributed by atoms with Crippen molar-refractivity contribution in [2.75, 3.05) is 23.0 Å². The Labute approximate surface area is 177 Å². The van der Waals surface area contributed by atoms with Gasteiger partial charge in [-0.25, -0.2) is 4.79 Å². The number of carbonyl (C=O) groups excluding carboxylic acids is 2. The number of aryl methyl sites for hydroxylation is 1. The Morgan fingerprint density at radius 2 is 2.25 bits per heavy atom. The number of fused-ring (bicyclic) bond motifs is 1. The minimum Gasteiger partial charge on any atom is -0.477 e. The van der Waals surface area contributed by atoms with Gasteiger partial charge in [0.1, 0.15) is 22.1 Å². The molecule has 0 spiro atoms. The molecule has 13 heteroatoms. The summed E-state index contributed by atoms with van der Waals surface area (Å²) in [6.07, 6.45) is 0. The van der Waals surface area contributed by atoms with Crippen LogP contribution in [0.1, 0.15) is 5.01 Å². The molecule has 0 aliphatic carbocycles. The Balaban J connectivity index is 1.66. The SMILES string of the molecule is Cc1nnc(SCC2=C(C(=O)O)N3C(=O)C(NC(=O)CSCC#N)[C@H]3SC2)s1. The van der Waals surface area contributed by atoms with Crippen LogP contribution in [0.5, 0.6) is 0 Å². The van der Waals surface area contributed by atoms with Crippen molar-refractivity contribution in [3.8, 4) is 6.07 Å². The zero-order valence-corrected chi connectivity index (χ0v) is 17.8. The molecule has 1 aromatic heterocycles. The van der Waals surface area contributed by atoms with Crippen molar-refractivity contribution in [1.29, 1.82) is 5.26 Å². The predicted molar refractivity (Wildman–Crippen MR) is 108 cm³/mol. The maximum absolute atomic E-state index is 12.5. The second-order valence-corrected chi connectivity index (χ2v) is 10.2. The van der Waals surface area contributed by atoms with Crippen LogP contribution in [-0.2, 0) is 14.4 Å². The van der Waals surface area contributed by atoms with Gasteiger partial charge in [-0.05, 0) is 12.5 Å². The highest BCUT2D eigenvalue weighted by atomic mass is 32.2. The van der Waals surface area contributed by atoms with Crippen molar-refractivity contribution in [1.82, 2.24) is 20.4 Å². The van der Waals surface area contributed by atoms with Crippen LogP contribution in [0.25, 0.3) is 0 Å². The first-order chi connectivity index (χ1) is 13.4. The second kappa shape index (κ2) is 9.17. The number of β-lactam (4-membered cyclic amide) rings is 1. The normalized spacial score (nSPS) is 21.0. The van der Waals surface area contributed by atoms with E-state index in [1.54, 1.807) is 0 Å². The Hall–Kier alpha value is -1.75. The number of carbonyl (C=O) groups is 3. The lowest BCUT2D eigenvalue weighted by Gasteiger charge is -2.49. The van der Waals surface area contributed by atoms with Crippen molar-refractivity contribution < 1.29 is 19.5 Å². The van der Waals surface area contributed by atoms with Gasteiger partial charge in [-0.3, -0.25) is 14.5 Å². The summed E-state index contributed by atoms with van der Waals surface area (Å²) < 4.78 is 0.747. The van der Waals surface area contributed by atoms with Gasteiger partial charge in [0, 0.05) is 11.5 Å². The van der Waals surface area contributed by atoms with Crippen LogP contribution in [0.3, 0.4) is 0 Å². The van der Waals surface area contributed by atoms with E-state index < -0.39 is 23.3 Å². The summed E-state index contributed by atoms with van der Waals surface area (Å²) >= 11 is 5.41. The third-order valence-electron chi connectivity index (χ3n) is 3.84. The predicted octanol–water partition coefficient (Wildman–Crippen LogP) is 0.934. The lowest BCUT2D eigenvalue weighted by atomic mass is 10.0. The molecule has 0 aromatic carbocycles. The van der Waals surface area contributed by atoms with Gasteiger partial charge in [-0.15, -0.1) is 33.7 Å². The highest BCUT2D eigenvalue weighted by Crippen LogP contribution is 2.41. The lowest BCUT2D eigenvalue weighted by molar-refractivity contribution is -0.150. The molecule has 3 heterocycles. The van der Waals surface area contributed by atoms with Crippen molar-refractivity contribution in [2.24, 2.45) is 0 Å². The number of rotatable bonds is 8. The topological polar surface area (TPSA) is 136 Å². The number of carboxylic acid groups (broad SMARTS) is 1. The molecule has 0 bridgehead atoms. The van der Waals surface area contributed by atoms with Crippen molar-refractivity contribution in [2.45, 2.75) is 22.7 Å². The van der Waals surface area contributed by atoms with Gasteiger partial charge in [-0.2, -0.15) is 5.26 Å². The molecule has 9 nitrogen and oxygen atoms in total. The zero-order chi connectivity index (χ0) is 20.3. The van der Waals surface area contributed by atoms with Crippen LogP contribution in [0, 0.1) is 18.3 Å². The molecular formula is C15H15N5O4S4. The van der Waals surface area contributed by atoms with Gasteiger partial charge in [0.2, 0.25) is 5.91 Å². The van der Waals surface area contributed by atoms with E-state index in [9.17, 15) is 19.5 Å². The Morgan fingerprint density at radius 3 is 2.89 bits per heavy atom. The van der Waals surface area contributed by atoms with Crippen LogP contribution in [-0.4, -0.2) is 72.4 Å². The lowest BCUT2D eigenvalue weighted by Crippen LogP contribution is -2.70. The molecular weight excluding hydrogens is 442 g/mol. The van der Waals surface area contributed by atoms with Gasteiger partial charge in [0.15, 0.2) is 4.34 Å².